The maximum Gasteiger partial charge on any atom is 0.472 e. The van der Waals surface area contributed by atoms with Gasteiger partial charge in [0.05, 0.1) is 19.8 Å². The molecule has 0 bridgehead atoms. The van der Waals surface area contributed by atoms with Gasteiger partial charge in [-0.15, -0.1) is 0 Å². The third kappa shape index (κ3) is 40.6. The van der Waals surface area contributed by atoms with Crippen LogP contribution in [0.1, 0.15) is 129 Å². The van der Waals surface area contributed by atoms with Crippen LogP contribution in [-0.2, 0) is 32.7 Å². The number of aliphatic hydroxyl groups excluding tert-OH is 2. The zero-order valence-corrected chi connectivity index (χ0v) is 35.6. The molecule has 0 heterocycles. The van der Waals surface area contributed by atoms with E-state index in [4.69, 9.17) is 19.1 Å². The Morgan fingerprint density at radius 3 is 1.44 bits per heavy atom. The minimum Gasteiger partial charge on any atom is -0.462 e. The van der Waals surface area contributed by atoms with E-state index in [-0.39, 0.29) is 19.4 Å². The molecule has 0 aliphatic carbocycles. The minimum absolute atomic E-state index is 0.0480. The lowest BCUT2D eigenvalue weighted by Gasteiger charge is -2.20. The first-order valence-corrected chi connectivity index (χ1v) is 22.3. The smallest absolute Gasteiger partial charge is 0.462 e. The monoisotopic (exact) mass is 816 g/mol. The van der Waals surface area contributed by atoms with Crippen molar-refractivity contribution < 1.29 is 47.8 Å². The second kappa shape index (κ2) is 40.8. The summed E-state index contributed by atoms with van der Waals surface area (Å²) in [5.41, 5.74) is 0. The lowest BCUT2D eigenvalue weighted by atomic mass is 10.1. The molecule has 0 saturated carbocycles. The van der Waals surface area contributed by atoms with Gasteiger partial charge < -0.3 is 24.6 Å². The first kappa shape index (κ1) is 53.6. The van der Waals surface area contributed by atoms with Gasteiger partial charge in [0, 0.05) is 12.8 Å². The molecular formula is C46H73O10P. The van der Waals surface area contributed by atoms with Gasteiger partial charge in [0.2, 0.25) is 0 Å². The number of phosphoric acid groups is 1. The zero-order chi connectivity index (χ0) is 41.9. The number of allylic oxidation sites excluding steroid dienone is 18. The van der Waals surface area contributed by atoms with Crippen LogP contribution in [-0.4, -0.2) is 65.7 Å². The molecule has 0 aromatic rings. The van der Waals surface area contributed by atoms with Crippen LogP contribution < -0.4 is 0 Å². The quantitative estimate of drug-likeness (QED) is 0.0239. The van der Waals surface area contributed by atoms with E-state index in [1.165, 1.54) is 0 Å². The van der Waals surface area contributed by atoms with Crippen molar-refractivity contribution in [1.29, 1.82) is 0 Å². The van der Waals surface area contributed by atoms with E-state index < -0.39 is 51.8 Å². The number of hydrogen-bond donors (Lipinski definition) is 3. The fourth-order valence-electron chi connectivity index (χ4n) is 4.80. The minimum atomic E-state index is -4.65. The molecule has 3 N–H and O–H groups in total. The Bertz CT molecular complexity index is 1310. The molecule has 0 amide bonds. The summed E-state index contributed by atoms with van der Waals surface area (Å²) in [6.45, 7) is 2.01. The highest BCUT2D eigenvalue weighted by molar-refractivity contribution is 7.47. The van der Waals surface area contributed by atoms with E-state index in [1.54, 1.807) is 0 Å². The predicted molar refractivity (Wildman–Crippen MR) is 232 cm³/mol. The van der Waals surface area contributed by atoms with Crippen LogP contribution in [0.4, 0.5) is 0 Å². The lowest BCUT2D eigenvalue weighted by Crippen LogP contribution is -2.29. The molecule has 3 unspecified atom stereocenters. The molecule has 0 saturated heterocycles. The van der Waals surface area contributed by atoms with E-state index >= 15 is 0 Å². The van der Waals surface area contributed by atoms with E-state index in [9.17, 15) is 24.2 Å². The fraction of sp³-hybridized carbons (Fsp3) is 0.565. The molecule has 0 aromatic heterocycles. The summed E-state index contributed by atoms with van der Waals surface area (Å²) in [6, 6.07) is 0. The van der Waals surface area contributed by atoms with Crippen LogP contribution in [0.25, 0.3) is 0 Å². The molecule has 0 rings (SSSR count). The number of ether oxygens (including phenoxy) is 2. The zero-order valence-electron chi connectivity index (χ0n) is 34.7. The SMILES string of the molecule is CCC=CCC=CCC=CCC=CCC=CCC=CCCC(=O)OC(COC(=O)CCCCCCCC=CCC=CCC=CCC)COP(=O)(O)OCC(O)CO. The summed E-state index contributed by atoms with van der Waals surface area (Å²) in [5, 5.41) is 18.3. The van der Waals surface area contributed by atoms with Crippen molar-refractivity contribution in [3.8, 4) is 0 Å². The van der Waals surface area contributed by atoms with Gasteiger partial charge in [0.15, 0.2) is 6.10 Å². The molecule has 0 spiro atoms. The Kier molecular flexibility index (Phi) is 38.4. The van der Waals surface area contributed by atoms with Crippen molar-refractivity contribution in [2.24, 2.45) is 0 Å². The highest BCUT2D eigenvalue weighted by Gasteiger charge is 2.27. The number of carbonyl (C=O) groups is 2. The molecule has 0 aliphatic rings. The summed E-state index contributed by atoms with van der Waals surface area (Å²) in [4.78, 5) is 34.9. The van der Waals surface area contributed by atoms with Crippen molar-refractivity contribution in [3.05, 3.63) is 109 Å². The highest BCUT2D eigenvalue weighted by Crippen LogP contribution is 2.43. The lowest BCUT2D eigenvalue weighted by molar-refractivity contribution is -0.161. The van der Waals surface area contributed by atoms with E-state index in [2.05, 4.69) is 116 Å². The second-order valence-electron chi connectivity index (χ2n) is 13.2. The van der Waals surface area contributed by atoms with Crippen molar-refractivity contribution in [1.82, 2.24) is 0 Å². The summed E-state index contributed by atoms with van der Waals surface area (Å²) in [5.74, 6) is -1.06. The highest BCUT2D eigenvalue weighted by atomic mass is 31.2. The van der Waals surface area contributed by atoms with Gasteiger partial charge in [-0.05, 0) is 83.5 Å². The van der Waals surface area contributed by atoms with Gasteiger partial charge in [0.25, 0.3) is 0 Å². The molecule has 57 heavy (non-hydrogen) atoms. The average Bonchev–Trinajstić information content (AvgIpc) is 3.20. The van der Waals surface area contributed by atoms with Crippen LogP contribution in [0.5, 0.6) is 0 Å². The average molecular weight is 817 g/mol. The van der Waals surface area contributed by atoms with Crippen LogP contribution in [0.15, 0.2) is 109 Å². The van der Waals surface area contributed by atoms with E-state index in [1.807, 2.05) is 12.2 Å². The molecule has 322 valence electrons. The normalized spacial score (nSPS) is 15.0. The number of esters is 2. The topological polar surface area (TPSA) is 149 Å². The number of aliphatic hydroxyl groups is 2. The van der Waals surface area contributed by atoms with E-state index in [0.29, 0.717) is 12.8 Å². The molecule has 0 aliphatic heterocycles. The molecule has 0 radical (unpaired) electrons. The number of hydrogen-bond acceptors (Lipinski definition) is 9. The molecule has 11 heteroatoms. The van der Waals surface area contributed by atoms with Crippen molar-refractivity contribution in [2.45, 2.75) is 142 Å². The van der Waals surface area contributed by atoms with E-state index in [0.717, 1.165) is 89.9 Å². The van der Waals surface area contributed by atoms with Crippen molar-refractivity contribution in [2.75, 3.05) is 26.4 Å². The Morgan fingerprint density at radius 2 is 0.947 bits per heavy atom. The Hall–Kier alpha value is -3.37. The van der Waals surface area contributed by atoms with Crippen molar-refractivity contribution in [3.63, 3.8) is 0 Å². The second-order valence-corrected chi connectivity index (χ2v) is 14.7. The van der Waals surface area contributed by atoms with Crippen molar-refractivity contribution >= 4 is 19.8 Å². The first-order chi connectivity index (χ1) is 27.7. The maximum absolute atomic E-state index is 12.6. The first-order valence-electron chi connectivity index (χ1n) is 20.8. The summed E-state index contributed by atoms with van der Waals surface area (Å²) < 4.78 is 32.6. The number of unbranched alkanes of at least 4 members (excludes halogenated alkanes) is 5. The standard InChI is InChI=1S/C46H73O10P/c1-3-5-7-9-11-13-15-17-19-20-21-22-24-26-28-30-32-34-36-38-46(50)56-44(42-55-57(51,52)54-40-43(48)39-47)41-53-45(49)37-35-33-31-29-27-25-23-18-16-14-12-10-8-6-4-2/h5-8,11-14,17-19,21-23,26,28,32,34,43-44,47-48H,3-4,9-10,15-16,20,24-25,27,29-31,33,35-42H2,1-2H3,(H,51,52). The third-order valence-electron chi connectivity index (χ3n) is 7.94. The maximum atomic E-state index is 12.6. The fourth-order valence-corrected chi connectivity index (χ4v) is 5.59. The molecular weight excluding hydrogens is 743 g/mol. The Labute approximate surface area is 344 Å². The number of phosphoric ester groups is 1. The summed E-state index contributed by atoms with van der Waals surface area (Å²) >= 11 is 0. The van der Waals surface area contributed by atoms with Gasteiger partial charge in [-0.2, -0.15) is 0 Å². The predicted octanol–water partition coefficient (Wildman–Crippen LogP) is 11.0. The van der Waals surface area contributed by atoms with Gasteiger partial charge in [-0.1, -0.05) is 142 Å². The molecule has 10 nitrogen and oxygen atoms in total. The van der Waals surface area contributed by atoms with Crippen LogP contribution in [0.2, 0.25) is 0 Å². The Balaban J connectivity index is 4.50. The Morgan fingerprint density at radius 1 is 0.526 bits per heavy atom. The molecule has 3 atom stereocenters. The summed E-state index contributed by atoms with van der Waals surface area (Å²) in [6.07, 6.45) is 50.7. The third-order valence-corrected chi connectivity index (χ3v) is 8.89. The van der Waals surface area contributed by atoms with Crippen LogP contribution >= 0.6 is 7.82 Å². The van der Waals surface area contributed by atoms with Gasteiger partial charge in [-0.25, -0.2) is 4.57 Å². The van der Waals surface area contributed by atoms with Crippen LogP contribution in [0, 0.1) is 0 Å². The number of carbonyl (C=O) groups excluding carboxylic acids is 2. The van der Waals surface area contributed by atoms with Gasteiger partial charge >= 0.3 is 19.8 Å². The molecule has 0 fully saturated rings. The van der Waals surface area contributed by atoms with Gasteiger partial charge in [0.1, 0.15) is 12.7 Å². The molecule has 0 aromatic carbocycles. The summed E-state index contributed by atoms with van der Waals surface area (Å²) in [7, 11) is -4.65. The van der Waals surface area contributed by atoms with Gasteiger partial charge in [-0.3, -0.25) is 18.6 Å². The number of rotatable bonds is 37. The largest absolute Gasteiger partial charge is 0.472 e. The van der Waals surface area contributed by atoms with Crippen LogP contribution in [0.3, 0.4) is 0 Å².